The Balaban J connectivity index is 0.000000391. The van der Waals surface area contributed by atoms with Gasteiger partial charge in [-0.05, 0) is 27.7 Å². The van der Waals surface area contributed by atoms with Crippen molar-refractivity contribution in [2.75, 3.05) is 5.48 Å². The van der Waals surface area contributed by atoms with E-state index in [0.29, 0.717) is 12.1 Å². The van der Waals surface area contributed by atoms with E-state index in [1.165, 1.54) is 33.2 Å². The molecule has 0 amide bonds. The third-order valence-electron chi connectivity index (χ3n) is 4.18. The normalized spacial score (nSPS) is 11.5. The zero-order chi connectivity index (χ0) is 30.5. The minimum atomic E-state index is -5.01. The summed E-state index contributed by atoms with van der Waals surface area (Å²) in [7, 11) is 0. The lowest BCUT2D eigenvalue weighted by molar-refractivity contribution is -0.395. The van der Waals surface area contributed by atoms with E-state index in [2.05, 4.69) is 0 Å². The van der Waals surface area contributed by atoms with E-state index >= 15 is 0 Å². The largest absolute Gasteiger partial charge is 0.488 e. The third-order valence-corrected chi connectivity index (χ3v) is 4.18. The molecule has 216 valence electrons. The number of hydrogen-bond donors (Lipinski definition) is 2. The predicted octanol–water partition coefficient (Wildman–Crippen LogP) is 6.51. The van der Waals surface area contributed by atoms with E-state index in [1.54, 1.807) is 0 Å². The molecule has 0 atom stereocenters. The van der Waals surface area contributed by atoms with Crippen LogP contribution in [0.2, 0.25) is 0 Å². The number of benzene rings is 2. The molecule has 39 heavy (non-hydrogen) atoms. The van der Waals surface area contributed by atoms with Gasteiger partial charge >= 0.3 is 18.0 Å². The van der Waals surface area contributed by atoms with Gasteiger partial charge < -0.3 is 9.47 Å². The van der Waals surface area contributed by atoms with Crippen LogP contribution in [0.4, 0.5) is 49.1 Å². The summed E-state index contributed by atoms with van der Waals surface area (Å²) in [6.07, 6.45) is -11.2. The second kappa shape index (κ2) is 12.4. The molecular weight excluding hydrogens is 554 g/mol. The van der Waals surface area contributed by atoms with Gasteiger partial charge in [0.15, 0.2) is 5.75 Å². The van der Waals surface area contributed by atoms with Crippen LogP contribution in [0.1, 0.15) is 38.8 Å². The minimum Gasteiger partial charge on any atom is -0.488 e. The Morgan fingerprint density at radius 3 is 1.44 bits per heavy atom. The molecule has 0 saturated carbocycles. The van der Waals surface area contributed by atoms with E-state index in [9.17, 15) is 56.7 Å². The number of nitrogens with one attached hydrogen (secondary N) is 1. The number of hydrogen-bond acceptors (Lipinski definition) is 10. The predicted molar refractivity (Wildman–Crippen MR) is 120 cm³/mol. The SMILES string of the molecule is CC(C)Oc1c(NO)cc([N+](=O)[O-])cc1C(F)(F)F.CC(C)Oc1c([N+](=O)[O-])cc([N+](=O)[O-])cc1C(F)(F)F. The standard InChI is InChI=1S/C10H9F3N2O5.C10H11F3N2O4/c1-5(2)20-9-7(10(11,12)13)3-6(14(16)17)4-8(9)15(18)19;1-5(2)19-9-7(10(11,12)13)3-6(15(17)18)4-8(9)14-16/h3-5H,1-2H3;3-5,14,16H,1-2H3. The van der Waals surface area contributed by atoms with Crippen LogP contribution in [0.15, 0.2) is 24.3 Å². The Labute approximate surface area is 214 Å². The lowest BCUT2D eigenvalue weighted by Gasteiger charge is -2.18. The fourth-order valence-corrected chi connectivity index (χ4v) is 2.79. The summed E-state index contributed by atoms with van der Waals surface area (Å²) in [5.74, 6) is -1.71. The smallest absolute Gasteiger partial charge is 0.420 e. The molecular formula is C20H20F6N4O9. The molecule has 0 aliphatic rings. The van der Waals surface area contributed by atoms with Crippen LogP contribution in [-0.2, 0) is 12.4 Å². The first kappa shape index (κ1) is 32.6. The topological polar surface area (TPSA) is 180 Å². The number of anilines is 1. The Hall–Kier alpha value is -4.42. The van der Waals surface area contributed by atoms with Gasteiger partial charge in [0.25, 0.3) is 11.4 Å². The summed E-state index contributed by atoms with van der Waals surface area (Å²) in [5.41, 5.74) is -4.85. The molecule has 0 radical (unpaired) electrons. The molecule has 0 aliphatic heterocycles. The maximum absolute atomic E-state index is 12.9. The average molecular weight is 574 g/mol. The van der Waals surface area contributed by atoms with Crippen molar-refractivity contribution >= 4 is 22.7 Å². The quantitative estimate of drug-likeness (QED) is 0.200. The van der Waals surface area contributed by atoms with Gasteiger partial charge in [0, 0.05) is 18.2 Å². The maximum Gasteiger partial charge on any atom is 0.420 e. The molecule has 0 aromatic heterocycles. The van der Waals surface area contributed by atoms with Gasteiger partial charge in [-0.3, -0.25) is 41.0 Å². The highest BCUT2D eigenvalue weighted by molar-refractivity contribution is 5.65. The molecule has 2 aromatic rings. The molecule has 0 bridgehead atoms. The molecule has 0 heterocycles. The zero-order valence-electron chi connectivity index (χ0n) is 20.3. The molecule has 2 rings (SSSR count). The van der Waals surface area contributed by atoms with Crippen molar-refractivity contribution in [1.82, 2.24) is 0 Å². The summed E-state index contributed by atoms with van der Waals surface area (Å²) in [4.78, 5) is 28.6. The number of halogens is 6. The lowest BCUT2D eigenvalue weighted by atomic mass is 10.1. The van der Waals surface area contributed by atoms with E-state index in [-0.39, 0.29) is 6.07 Å². The van der Waals surface area contributed by atoms with E-state index < -0.39 is 84.7 Å². The van der Waals surface area contributed by atoms with Gasteiger partial charge in [-0.25, -0.2) is 0 Å². The Morgan fingerprint density at radius 2 is 1.10 bits per heavy atom. The highest BCUT2D eigenvalue weighted by atomic mass is 19.4. The zero-order valence-corrected chi connectivity index (χ0v) is 20.3. The molecule has 0 aliphatic carbocycles. The lowest BCUT2D eigenvalue weighted by Crippen LogP contribution is -2.15. The van der Waals surface area contributed by atoms with E-state index in [4.69, 9.17) is 14.7 Å². The molecule has 19 heteroatoms. The maximum atomic E-state index is 12.9. The highest BCUT2D eigenvalue weighted by Crippen LogP contribution is 2.45. The van der Waals surface area contributed by atoms with Gasteiger partial charge in [0.1, 0.15) is 16.8 Å². The average Bonchev–Trinajstić information content (AvgIpc) is 2.76. The van der Waals surface area contributed by atoms with Crippen molar-refractivity contribution in [3.05, 3.63) is 65.7 Å². The highest BCUT2D eigenvalue weighted by Gasteiger charge is 2.41. The molecule has 0 spiro atoms. The number of rotatable bonds is 8. The van der Waals surface area contributed by atoms with Crippen LogP contribution in [0, 0.1) is 30.3 Å². The monoisotopic (exact) mass is 574 g/mol. The van der Waals surface area contributed by atoms with Crippen LogP contribution in [0.25, 0.3) is 0 Å². The summed E-state index contributed by atoms with van der Waals surface area (Å²) >= 11 is 0. The minimum absolute atomic E-state index is 0.213. The van der Waals surface area contributed by atoms with Crippen molar-refractivity contribution in [1.29, 1.82) is 0 Å². The van der Waals surface area contributed by atoms with E-state index in [0.717, 1.165) is 6.07 Å². The first-order valence-electron chi connectivity index (χ1n) is 10.4. The molecule has 0 unspecified atom stereocenters. The van der Waals surface area contributed by atoms with Crippen molar-refractivity contribution in [3.63, 3.8) is 0 Å². The van der Waals surface area contributed by atoms with E-state index in [1.807, 2.05) is 0 Å². The van der Waals surface area contributed by atoms with Gasteiger partial charge in [-0.2, -0.15) is 26.3 Å². The fourth-order valence-electron chi connectivity index (χ4n) is 2.79. The molecule has 0 saturated heterocycles. The van der Waals surface area contributed by atoms with Crippen molar-refractivity contribution < 1.29 is 55.8 Å². The van der Waals surface area contributed by atoms with Crippen LogP contribution < -0.4 is 15.0 Å². The number of non-ortho nitro benzene ring substituents is 2. The number of alkyl halides is 6. The summed E-state index contributed by atoms with van der Waals surface area (Å²) in [5, 5.41) is 40.7. The van der Waals surface area contributed by atoms with Crippen molar-refractivity contribution in [2.24, 2.45) is 0 Å². The summed E-state index contributed by atoms with van der Waals surface area (Å²) in [6, 6.07) is 1.77. The second-order valence-corrected chi connectivity index (χ2v) is 7.92. The Morgan fingerprint density at radius 1 is 0.718 bits per heavy atom. The number of nitro groups is 3. The third kappa shape index (κ3) is 8.83. The number of ether oxygens (including phenoxy) is 2. The van der Waals surface area contributed by atoms with Crippen LogP contribution in [0.5, 0.6) is 11.5 Å². The molecule has 13 nitrogen and oxygen atoms in total. The fraction of sp³-hybridized carbons (Fsp3) is 0.400. The first-order chi connectivity index (χ1) is 17.7. The van der Waals surface area contributed by atoms with Gasteiger partial charge in [0.05, 0.1) is 33.0 Å². The molecule has 2 aromatic carbocycles. The van der Waals surface area contributed by atoms with Crippen LogP contribution >= 0.6 is 0 Å². The van der Waals surface area contributed by atoms with Gasteiger partial charge in [-0.15, -0.1) is 0 Å². The number of nitro benzene ring substituents is 3. The van der Waals surface area contributed by atoms with Gasteiger partial charge in [0.2, 0.25) is 5.75 Å². The molecule has 2 N–H and O–H groups in total. The number of nitrogens with zero attached hydrogens (tertiary/aromatic N) is 3. The van der Waals surface area contributed by atoms with Crippen LogP contribution in [0.3, 0.4) is 0 Å². The summed E-state index contributed by atoms with van der Waals surface area (Å²) < 4.78 is 86.9. The Kier molecular flexibility index (Phi) is 10.4. The Bertz CT molecular complexity index is 1230. The second-order valence-electron chi connectivity index (χ2n) is 7.92. The van der Waals surface area contributed by atoms with Crippen molar-refractivity contribution in [2.45, 2.75) is 52.3 Å². The summed E-state index contributed by atoms with van der Waals surface area (Å²) in [6.45, 7) is 5.74. The van der Waals surface area contributed by atoms with Crippen LogP contribution in [-0.4, -0.2) is 32.2 Å². The first-order valence-corrected chi connectivity index (χ1v) is 10.4. The molecule has 0 fully saturated rings. The van der Waals surface area contributed by atoms with Crippen molar-refractivity contribution in [3.8, 4) is 11.5 Å². The van der Waals surface area contributed by atoms with Gasteiger partial charge in [-0.1, -0.05) is 0 Å².